The van der Waals surface area contributed by atoms with Gasteiger partial charge in [0.05, 0.1) is 5.69 Å². The molecule has 1 fully saturated rings. The van der Waals surface area contributed by atoms with Crippen LogP contribution in [0.3, 0.4) is 0 Å². The Balaban J connectivity index is 1.52. The predicted molar refractivity (Wildman–Crippen MR) is 112 cm³/mol. The summed E-state index contributed by atoms with van der Waals surface area (Å²) in [5.41, 5.74) is 9.74. The molecule has 1 aromatic carbocycles. The summed E-state index contributed by atoms with van der Waals surface area (Å²) in [4.78, 5) is 32.9. The quantitative estimate of drug-likeness (QED) is 0.619. The van der Waals surface area contributed by atoms with Crippen LogP contribution >= 0.6 is 0 Å². The van der Waals surface area contributed by atoms with Crippen molar-refractivity contribution in [3.05, 3.63) is 66.0 Å². The van der Waals surface area contributed by atoms with Gasteiger partial charge in [0.15, 0.2) is 0 Å². The molecule has 0 aliphatic heterocycles. The lowest BCUT2D eigenvalue weighted by Crippen LogP contribution is -2.17. The fraction of sp³-hybridized carbons (Fsp3) is 0.182. The average molecular weight is 387 g/mol. The van der Waals surface area contributed by atoms with E-state index in [4.69, 9.17) is 5.73 Å². The Labute approximate surface area is 168 Å². The van der Waals surface area contributed by atoms with E-state index in [2.05, 4.69) is 20.6 Å². The number of anilines is 3. The molecule has 3 aromatic rings. The van der Waals surface area contributed by atoms with Gasteiger partial charge in [-0.2, -0.15) is 0 Å². The van der Waals surface area contributed by atoms with Crippen molar-refractivity contribution in [1.82, 2.24) is 9.97 Å². The molecule has 2 aromatic heterocycles. The highest BCUT2D eigenvalue weighted by Crippen LogP contribution is 2.30. The second kappa shape index (κ2) is 7.71. The zero-order valence-corrected chi connectivity index (χ0v) is 16.0. The van der Waals surface area contributed by atoms with Gasteiger partial charge in [0.1, 0.15) is 11.6 Å². The summed E-state index contributed by atoms with van der Waals surface area (Å²) in [7, 11) is 0. The summed E-state index contributed by atoms with van der Waals surface area (Å²) in [5, 5.41) is 5.54. The van der Waals surface area contributed by atoms with Crippen LogP contribution in [0.2, 0.25) is 0 Å². The molecule has 29 heavy (non-hydrogen) atoms. The van der Waals surface area contributed by atoms with Gasteiger partial charge < -0.3 is 16.4 Å². The highest BCUT2D eigenvalue weighted by molar-refractivity contribution is 6.06. The van der Waals surface area contributed by atoms with E-state index in [1.54, 1.807) is 24.4 Å². The van der Waals surface area contributed by atoms with E-state index in [-0.39, 0.29) is 23.6 Å². The van der Waals surface area contributed by atoms with Gasteiger partial charge in [-0.15, -0.1) is 0 Å². The Morgan fingerprint density at radius 1 is 1.00 bits per heavy atom. The monoisotopic (exact) mass is 387 g/mol. The lowest BCUT2D eigenvalue weighted by molar-refractivity contribution is -0.117. The van der Waals surface area contributed by atoms with Gasteiger partial charge in [0, 0.05) is 29.4 Å². The van der Waals surface area contributed by atoms with E-state index >= 15 is 0 Å². The number of rotatable bonds is 5. The van der Waals surface area contributed by atoms with E-state index in [0.29, 0.717) is 17.1 Å². The Morgan fingerprint density at radius 2 is 1.76 bits per heavy atom. The molecule has 0 atom stereocenters. The highest BCUT2D eigenvalue weighted by Gasteiger charge is 2.29. The minimum Gasteiger partial charge on any atom is -0.382 e. The standard InChI is InChI=1S/C22H21N5O2/c1-13-2-4-14(5-3-13)17-10-18(20(23)25-12-17)26-22(29)16-8-9-24-19(11-16)27-21(28)15-6-7-15/h2-5,8-12,15H,6-7H2,1H3,(H2,23,25)(H,26,29)(H,24,27,28). The SMILES string of the molecule is Cc1ccc(-c2cnc(N)c(NC(=O)c3ccnc(NC(=O)C4CC4)c3)c2)cc1. The number of hydrogen-bond donors (Lipinski definition) is 3. The lowest BCUT2D eigenvalue weighted by Gasteiger charge is -2.11. The number of aryl methyl sites for hydroxylation is 1. The Bertz CT molecular complexity index is 1070. The Morgan fingerprint density at radius 3 is 2.48 bits per heavy atom. The molecule has 2 amide bonds. The first-order valence-corrected chi connectivity index (χ1v) is 9.40. The van der Waals surface area contributed by atoms with Crippen LogP contribution in [0, 0.1) is 12.8 Å². The molecule has 7 nitrogen and oxygen atoms in total. The van der Waals surface area contributed by atoms with Gasteiger partial charge in [-0.1, -0.05) is 29.8 Å². The van der Waals surface area contributed by atoms with E-state index < -0.39 is 0 Å². The van der Waals surface area contributed by atoms with Gasteiger partial charge in [0.2, 0.25) is 5.91 Å². The molecule has 4 N–H and O–H groups in total. The molecule has 0 bridgehead atoms. The molecule has 0 saturated heterocycles. The summed E-state index contributed by atoms with van der Waals surface area (Å²) < 4.78 is 0. The van der Waals surface area contributed by atoms with E-state index in [1.807, 2.05) is 31.2 Å². The Hall–Kier alpha value is -3.74. The molecule has 7 heteroatoms. The third-order valence-corrected chi connectivity index (χ3v) is 4.77. The zero-order chi connectivity index (χ0) is 20.4. The third kappa shape index (κ3) is 4.40. The van der Waals surface area contributed by atoms with Crippen LogP contribution in [-0.2, 0) is 4.79 Å². The molecule has 0 unspecified atom stereocenters. The molecule has 1 aliphatic rings. The van der Waals surface area contributed by atoms with Crippen molar-refractivity contribution < 1.29 is 9.59 Å². The topological polar surface area (TPSA) is 110 Å². The first kappa shape index (κ1) is 18.6. The van der Waals surface area contributed by atoms with Crippen LogP contribution < -0.4 is 16.4 Å². The van der Waals surface area contributed by atoms with Crippen LogP contribution in [0.15, 0.2) is 54.9 Å². The number of aromatic nitrogens is 2. The molecular weight excluding hydrogens is 366 g/mol. The minimum atomic E-state index is -0.358. The van der Waals surface area contributed by atoms with Crippen LogP contribution in [0.1, 0.15) is 28.8 Å². The van der Waals surface area contributed by atoms with E-state index in [1.165, 1.54) is 6.20 Å². The largest absolute Gasteiger partial charge is 0.382 e. The van der Waals surface area contributed by atoms with Crippen LogP contribution in [0.25, 0.3) is 11.1 Å². The van der Waals surface area contributed by atoms with Crippen molar-refractivity contribution >= 4 is 29.1 Å². The number of nitrogen functional groups attached to an aromatic ring is 1. The fourth-order valence-corrected chi connectivity index (χ4v) is 2.89. The zero-order valence-electron chi connectivity index (χ0n) is 16.0. The maximum Gasteiger partial charge on any atom is 0.255 e. The maximum atomic E-state index is 12.7. The van der Waals surface area contributed by atoms with Crippen molar-refractivity contribution in [1.29, 1.82) is 0 Å². The van der Waals surface area contributed by atoms with E-state index in [0.717, 1.165) is 29.5 Å². The van der Waals surface area contributed by atoms with Gasteiger partial charge in [-0.3, -0.25) is 9.59 Å². The summed E-state index contributed by atoms with van der Waals surface area (Å²) in [6, 6.07) is 12.9. The van der Waals surface area contributed by atoms with Crippen molar-refractivity contribution in [2.24, 2.45) is 5.92 Å². The van der Waals surface area contributed by atoms with Gasteiger partial charge >= 0.3 is 0 Å². The normalized spacial score (nSPS) is 13.0. The number of hydrogen-bond acceptors (Lipinski definition) is 5. The van der Waals surface area contributed by atoms with Crippen LogP contribution in [0.4, 0.5) is 17.3 Å². The highest BCUT2D eigenvalue weighted by atomic mass is 16.2. The summed E-state index contributed by atoms with van der Waals surface area (Å²) in [5.74, 6) is 0.224. The number of carbonyl (C=O) groups is 2. The lowest BCUT2D eigenvalue weighted by atomic mass is 10.1. The van der Waals surface area contributed by atoms with Crippen molar-refractivity contribution in [2.75, 3.05) is 16.4 Å². The summed E-state index contributed by atoms with van der Waals surface area (Å²) in [6.45, 7) is 2.02. The third-order valence-electron chi connectivity index (χ3n) is 4.77. The summed E-state index contributed by atoms with van der Waals surface area (Å²) in [6.07, 6.45) is 4.96. The average Bonchev–Trinajstić information content (AvgIpc) is 3.56. The van der Waals surface area contributed by atoms with Crippen molar-refractivity contribution in [3.8, 4) is 11.1 Å². The number of nitrogens with zero attached hydrogens (tertiary/aromatic N) is 2. The molecule has 0 spiro atoms. The maximum absolute atomic E-state index is 12.7. The van der Waals surface area contributed by atoms with Crippen molar-refractivity contribution in [2.45, 2.75) is 19.8 Å². The fourth-order valence-electron chi connectivity index (χ4n) is 2.89. The first-order chi connectivity index (χ1) is 14.0. The molecule has 1 saturated carbocycles. The molecule has 4 rings (SSSR count). The van der Waals surface area contributed by atoms with Crippen molar-refractivity contribution in [3.63, 3.8) is 0 Å². The van der Waals surface area contributed by atoms with Crippen LogP contribution in [0.5, 0.6) is 0 Å². The summed E-state index contributed by atoms with van der Waals surface area (Å²) >= 11 is 0. The molecular formula is C22H21N5O2. The smallest absolute Gasteiger partial charge is 0.255 e. The number of benzene rings is 1. The Kier molecular flexibility index (Phi) is 4.95. The second-order valence-corrected chi connectivity index (χ2v) is 7.17. The second-order valence-electron chi connectivity index (χ2n) is 7.17. The molecule has 2 heterocycles. The molecule has 146 valence electrons. The number of carbonyl (C=O) groups excluding carboxylic acids is 2. The van der Waals surface area contributed by atoms with Gasteiger partial charge in [-0.05, 0) is 43.5 Å². The number of nitrogens with two attached hydrogens (primary N) is 1. The van der Waals surface area contributed by atoms with Gasteiger partial charge in [-0.25, -0.2) is 9.97 Å². The number of amides is 2. The van der Waals surface area contributed by atoms with E-state index in [9.17, 15) is 9.59 Å². The van der Waals surface area contributed by atoms with Crippen LogP contribution in [-0.4, -0.2) is 21.8 Å². The predicted octanol–water partition coefficient (Wildman–Crippen LogP) is 3.64. The molecule has 1 aliphatic carbocycles. The molecule has 0 radical (unpaired) electrons. The number of pyridine rings is 2. The van der Waals surface area contributed by atoms with Gasteiger partial charge in [0.25, 0.3) is 5.91 Å². The number of nitrogens with one attached hydrogen (secondary N) is 2. The minimum absolute atomic E-state index is 0.0599. The first-order valence-electron chi connectivity index (χ1n) is 9.40.